The Bertz CT molecular complexity index is 935. The lowest BCUT2D eigenvalue weighted by atomic mass is 9.80. The molecule has 1 aliphatic carbocycles. The van der Waals surface area contributed by atoms with Gasteiger partial charge in [-0.25, -0.2) is 0 Å². The molecule has 0 unspecified atom stereocenters. The third-order valence-electron chi connectivity index (χ3n) is 4.67. The first kappa shape index (κ1) is 20.1. The van der Waals surface area contributed by atoms with Gasteiger partial charge in [0.25, 0.3) is 0 Å². The van der Waals surface area contributed by atoms with Crippen LogP contribution < -0.4 is 0 Å². The molecule has 28 heavy (non-hydrogen) atoms. The predicted molar refractivity (Wildman–Crippen MR) is 111 cm³/mol. The molecule has 4 nitrogen and oxygen atoms in total. The maximum Gasteiger partial charge on any atom is 0.329 e. The molecular formula is C23H21BrO4. The number of hydrogen-bond donors (Lipinski definition) is 0. The molecule has 144 valence electrons. The third kappa shape index (κ3) is 3.68. The van der Waals surface area contributed by atoms with Gasteiger partial charge < -0.3 is 9.47 Å². The summed E-state index contributed by atoms with van der Waals surface area (Å²) < 4.78 is 11.6. The van der Waals surface area contributed by atoms with Crippen LogP contribution >= 0.6 is 15.9 Å². The van der Waals surface area contributed by atoms with Gasteiger partial charge in [-0.15, -0.1) is 5.73 Å². The molecule has 0 saturated carbocycles. The van der Waals surface area contributed by atoms with Crippen molar-refractivity contribution in [2.24, 2.45) is 5.41 Å². The van der Waals surface area contributed by atoms with E-state index in [4.69, 9.17) is 9.47 Å². The average Bonchev–Trinajstić information content (AvgIpc) is 3.03. The van der Waals surface area contributed by atoms with Gasteiger partial charge in [-0.3, -0.25) is 9.59 Å². The third-order valence-corrected chi connectivity index (χ3v) is 5.20. The predicted octanol–water partition coefficient (Wildman–Crippen LogP) is 4.81. The van der Waals surface area contributed by atoms with Crippen molar-refractivity contribution in [3.8, 4) is 0 Å². The number of hydrogen-bond acceptors (Lipinski definition) is 4. The molecule has 0 heterocycles. The summed E-state index contributed by atoms with van der Waals surface area (Å²) in [6.07, 6.45) is 1.98. The fraction of sp³-hybridized carbons (Fsp3) is 0.261. The number of carbonyl (C=O) groups is 2. The highest BCUT2D eigenvalue weighted by Crippen LogP contribution is 2.48. The minimum absolute atomic E-state index is 0.181. The minimum Gasteiger partial charge on any atom is -0.465 e. The molecule has 0 atom stereocenters. The Labute approximate surface area is 173 Å². The van der Waals surface area contributed by atoms with E-state index in [2.05, 4.69) is 21.7 Å². The number of fused-ring (bicyclic) bond motifs is 1. The number of rotatable bonds is 5. The highest BCUT2D eigenvalue weighted by Gasteiger charge is 2.56. The van der Waals surface area contributed by atoms with Crippen molar-refractivity contribution in [1.82, 2.24) is 0 Å². The maximum atomic E-state index is 13.0. The van der Waals surface area contributed by atoms with Gasteiger partial charge in [0, 0.05) is 16.5 Å². The zero-order valence-corrected chi connectivity index (χ0v) is 17.4. The van der Waals surface area contributed by atoms with E-state index in [0.29, 0.717) is 5.57 Å². The molecule has 0 radical (unpaired) electrons. The Balaban J connectivity index is 2.21. The van der Waals surface area contributed by atoms with Crippen molar-refractivity contribution in [2.45, 2.75) is 20.3 Å². The van der Waals surface area contributed by atoms with E-state index in [-0.39, 0.29) is 19.6 Å². The van der Waals surface area contributed by atoms with Crippen molar-refractivity contribution < 1.29 is 19.1 Å². The summed E-state index contributed by atoms with van der Waals surface area (Å²) in [4.78, 5) is 26.0. The van der Waals surface area contributed by atoms with E-state index < -0.39 is 17.4 Å². The SMILES string of the molecule is CCOC(=O)C1(C(=O)OCC)Cc2ccccc2C1=C=Cc1ccc(Br)cc1. The monoisotopic (exact) mass is 440 g/mol. The van der Waals surface area contributed by atoms with E-state index in [1.807, 2.05) is 48.5 Å². The number of ether oxygens (including phenoxy) is 2. The molecule has 3 rings (SSSR count). The lowest BCUT2D eigenvalue weighted by Gasteiger charge is -2.25. The molecule has 0 aromatic heterocycles. The molecular weight excluding hydrogens is 420 g/mol. The Hall–Kier alpha value is -2.62. The smallest absolute Gasteiger partial charge is 0.329 e. The quantitative estimate of drug-likeness (QED) is 0.380. The standard InChI is InChI=1S/C23H21BrO4/c1-3-27-21(25)23(22(26)28-4-2)15-17-7-5-6-8-19(17)20(23)14-11-16-9-12-18(24)13-10-16/h5-13H,3-4,15H2,1-2H3. The van der Waals surface area contributed by atoms with Gasteiger partial charge in [0.1, 0.15) is 0 Å². The number of halogens is 1. The molecule has 2 aromatic rings. The average molecular weight is 441 g/mol. The van der Waals surface area contributed by atoms with E-state index >= 15 is 0 Å². The first-order chi connectivity index (χ1) is 13.5. The normalized spacial score (nSPS) is 14.0. The van der Waals surface area contributed by atoms with Crippen molar-refractivity contribution >= 4 is 39.5 Å². The van der Waals surface area contributed by atoms with Crippen LogP contribution in [0.25, 0.3) is 11.6 Å². The number of esters is 2. The molecule has 0 fully saturated rings. The second kappa shape index (κ2) is 8.59. The molecule has 0 spiro atoms. The topological polar surface area (TPSA) is 52.6 Å². The lowest BCUT2D eigenvalue weighted by Crippen LogP contribution is -2.42. The maximum absolute atomic E-state index is 13.0. The summed E-state index contributed by atoms with van der Waals surface area (Å²) in [6.45, 7) is 3.81. The molecule has 5 heteroatoms. The van der Waals surface area contributed by atoms with Crippen LogP contribution in [0.15, 0.2) is 58.7 Å². The summed E-state index contributed by atoms with van der Waals surface area (Å²) in [6, 6.07) is 15.3. The largest absolute Gasteiger partial charge is 0.465 e. The van der Waals surface area contributed by atoms with E-state index in [9.17, 15) is 9.59 Å². The number of benzene rings is 2. The molecule has 0 saturated heterocycles. The summed E-state index contributed by atoms with van der Waals surface area (Å²) >= 11 is 3.41. The van der Waals surface area contributed by atoms with Crippen molar-refractivity contribution in [3.63, 3.8) is 0 Å². The zero-order chi connectivity index (χ0) is 20.1. The zero-order valence-electron chi connectivity index (χ0n) is 15.8. The minimum atomic E-state index is -1.54. The van der Waals surface area contributed by atoms with Crippen LogP contribution in [0.4, 0.5) is 0 Å². The van der Waals surface area contributed by atoms with Crippen molar-refractivity contribution in [2.75, 3.05) is 13.2 Å². The Morgan fingerprint density at radius 2 is 1.64 bits per heavy atom. The summed E-state index contributed by atoms with van der Waals surface area (Å²) in [7, 11) is 0. The highest BCUT2D eigenvalue weighted by atomic mass is 79.9. The van der Waals surface area contributed by atoms with Crippen LogP contribution in [0.3, 0.4) is 0 Å². The fourth-order valence-electron chi connectivity index (χ4n) is 3.38. The molecule has 0 bridgehead atoms. The van der Waals surface area contributed by atoms with Crippen LogP contribution in [0.5, 0.6) is 0 Å². The van der Waals surface area contributed by atoms with E-state index in [1.54, 1.807) is 19.9 Å². The molecule has 2 aromatic carbocycles. The fourth-order valence-corrected chi connectivity index (χ4v) is 3.64. The molecule has 0 aliphatic heterocycles. The van der Waals surface area contributed by atoms with Crippen LogP contribution in [0.2, 0.25) is 0 Å². The Morgan fingerprint density at radius 3 is 2.25 bits per heavy atom. The first-order valence-corrected chi connectivity index (χ1v) is 9.97. The van der Waals surface area contributed by atoms with Gasteiger partial charge in [-0.1, -0.05) is 52.3 Å². The van der Waals surface area contributed by atoms with Gasteiger partial charge in [0.2, 0.25) is 5.41 Å². The van der Waals surface area contributed by atoms with Gasteiger partial charge >= 0.3 is 11.9 Å². The molecule has 0 N–H and O–H groups in total. The van der Waals surface area contributed by atoms with Gasteiger partial charge in [-0.05, 0) is 48.7 Å². The van der Waals surface area contributed by atoms with Gasteiger partial charge in [0.05, 0.1) is 13.2 Å². The van der Waals surface area contributed by atoms with Crippen molar-refractivity contribution in [1.29, 1.82) is 0 Å². The van der Waals surface area contributed by atoms with Gasteiger partial charge in [0.15, 0.2) is 0 Å². The van der Waals surface area contributed by atoms with E-state index in [1.165, 1.54) is 0 Å². The molecule has 0 amide bonds. The van der Waals surface area contributed by atoms with Crippen molar-refractivity contribution in [3.05, 3.63) is 75.4 Å². The number of carbonyl (C=O) groups excluding carboxylic acids is 2. The summed E-state index contributed by atoms with van der Waals surface area (Å²) in [5.74, 6) is -1.20. The summed E-state index contributed by atoms with van der Waals surface area (Å²) in [5.41, 5.74) is 4.79. The van der Waals surface area contributed by atoms with Crippen LogP contribution in [-0.2, 0) is 25.5 Å². The van der Waals surface area contributed by atoms with Crippen LogP contribution in [-0.4, -0.2) is 25.2 Å². The second-order valence-corrected chi connectivity index (χ2v) is 7.31. The molecule has 1 aliphatic rings. The van der Waals surface area contributed by atoms with Crippen LogP contribution in [0, 0.1) is 5.41 Å². The summed E-state index contributed by atoms with van der Waals surface area (Å²) in [5, 5.41) is 0. The second-order valence-electron chi connectivity index (χ2n) is 6.40. The Morgan fingerprint density at radius 1 is 1.04 bits per heavy atom. The van der Waals surface area contributed by atoms with E-state index in [0.717, 1.165) is 21.2 Å². The Kier molecular flexibility index (Phi) is 6.18. The highest BCUT2D eigenvalue weighted by molar-refractivity contribution is 9.10. The lowest BCUT2D eigenvalue weighted by molar-refractivity contribution is -0.166. The van der Waals surface area contributed by atoms with Crippen LogP contribution in [0.1, 0.15) is 30.5 Å². The van der Waals surface area contributed by atoms with Gasteiger partial charge in [-0.2, -0.15) is 0 Å². The first-order valence-electron chi connectivity index (χ1n) is 9.18.